The Morgan fingerprint density at radius 3 is 2.28 bits per heavy atom. The first kappa shape index (κ1) is 16.4. The van der Waals surface area contributed by atoms with Gasteiger partial charge < -0.3 is 14.4 Å². The van der Waals surface area contributed by atoms with Crippen molar-refractivity contribution in [1.29, 1.82) is 0 Å². The number of ether oxygens (including phenoxy) is 1. The number of carbonyl (C=O) groups excluding carboxylic acids is 1. The SMILES string of the molecule is CCCCC(CC(=NOC)C(=O)OCC)=NOC. The molecule has 0 N–H and O–H groups in total. The molecule has 0 saturated carbocycles. The van der Waals surface area contributed by atoms with E-state index >= 15 is 0 Å². The molecule has 6 nitrogen and oxygen atoms in total. The third-order valence-electron chi connectivity index (χ3n) is 2.12. The molecular formula is C12H22N2O4. The molecule has 0 amide bonds. The van der Waals surface area contributed by atoms with E-state index in [1.807, 2.05) is 0 Å². The standard InChI is InChI=1S/C12H22N2O4/c1-5-7-8-10(13-16-3)9-11(14-17-4)12(15)18-6-2/h5-9H2,1-4H3. The molecule has 18 heavy (non-hydrogen) atoms. The van der Waals surface area contributed by atoms with Crippen molar-refractivity contribution in [3.8, 4) is 0 Å². The normalized spacial score (nSPS) is 12.2. The Kier molecular flexibility index (Phi) is 9.62. The summed E-state index contributed by atoms with van der Waals surface area (Å²) in [6, 6.07) is 0. The summed E-state index contributed by atoms with van der Waals surface area (Å²) < 4.78 is 4.89. The van der Waals surface area contributed by atoms with E-state index in [9.17, 15) is 4.79 Å². The molecular weight excluding hydrogens is 236 g/mol. The van der Waals surface area contributed by atoms with Gasteiger partial charge in [0.2, 0.25) is 0 Å². The highest BCUT2D eigenvalue weighted by Gasteiger charge is 2.17. The summed E-state index contributed by atoms with van der Waals surface area (Å²) in [5.74, 6) is -0.486. The highest BCUT2D eigenvalue weighted by Crippen LogP contribution is 2.05. The van der Waals surface area contributed by atoms with Crippen LogP contribution in [-0.2, 0) is 19.2 Å². The smallest absolute Gasteiger partial charge is 0.356 e. The number of nitrogens with zero attached hydrogens (tertiary/aromatic N) is 2. The monoisotopic (exact) mass is 258 g/mol. The van der Waals surface area contributed by atoms with Crippen LogP contribution in [0.1, 0.15) is 39.5 Å². The van der Waals surface area contributed by atoms with Crippen LogP contribution in [0.4, 0.5) is 0 Å². The first-order valence-corrected chi connectivity index (χ1v) is 6.05. The van der Waals surface area contributed by atoms with Crippen LogP contribution in [-0.4, -0.2) is 38.2 Å². The maximum Gasteiger partial charge on any atom is 0.356 e. The third kappa shape index (κ3) is 6.88. The average molecular weight is 258 g/mol. The van der Waals surface area contributed by atoms with Gasteiger partial charge in [0.05, 0.1) is 12.3 Å². The minimum atomic E-state index is -0.486. The Bertz CT molecular complexity index is 300. The second-order valence-electron chi connectivity index (χ2n) is 3.56. The van der Waals surface area contributed by atoms with E-state index in [1.54, 1.807) is 6.92 Å². The summed E-state index contributed by atoms with van der Waals surface area (Å²) >= 11 is 0. The molecule has 0 radical (unpaired) electrons. The molecule has 0 atom stereocenters. The van der Waals surface area contributed by atoms with E-state index in [0.29, 0.717) is 6.61 Å². The lowest BCUT2D eigenvalue weighted by Crippen LogP contribution is -2.21. The summed E-state index contributed by atoms with van der Waals surface area (Å²) in [5, 5.41) is 7.58. The maximum atomic E-state index is 11.6. The third-order valence-corrected chi connectivity index (χ3v) is 2.12. The van der Waals surface area contributed by atoms with Crippen LogP contribution >= 0.6 is 0 Å². The van der Waals surface area contributed by atoms with Gasteiger partial charge in [-0.25, -0.2) is 4.79 Å². The van der Waals surface area contributed by atoms with Crippen LogP contribution < -0.4 is 0 Å². The molecule has 0 unspecified atom stereocenters. The Balaban J connectivity index is 4.66. The summed E-state index contributed by atoms with van der Waals surface area (Å²) in [4.78, 5) is 21.0. The molecule has 0 heterocycles. The fraction of sp³-hybridized carbons (Fsp3) is 0.750. The van der Waals surface area contributed by atoms with Gasteiger partial charge in [0.25, 0.3) is 0 Å². The number of rotatable bonds is 9. The van der Waals surface area contributed by atoms with Crippen molar-refractivity contribution in [2.45, 2.75) is 39.5 Å². The lowest BCUT2D eigenvalue weighted by Gasteiger charge is -2.07. The van der Waals surface area contributed by atoms with Gasteiger partial charge >= 0.3 is 5.97 Å². The van der Waals surface area contributed by atoms with Crippen molar-refractivity contribution in [1.82, 2.24) is 0 Å². The zero-order chi connectivity index (χ0) is 13.8. The molecule has 0 aromatic rings. The molecule has 104 valence electrons. The van der Waals surface area contributed by atoms with Gasteiger partial charge in [-0.05, 0) is 19.8 Å². The van der Waals surface area contributed by atoms with Crippen LogP contribution in [0.25, 0.3) is 0 Å². The Labute approximate surface area is 108 Å². The van der Waals surface area contributed by atoms with Gasteiger partial charge in [-0.1, -0.05) is 23.7 Å². The van der Waals surface area contributed by atoms with Gasteiger partial charge in [0, 0.05) is 6.42 Å². The first-order chi connectivity index (χ1) is 8.69. The van der Waals surface area contributed by atoms with Crippen LogP contribution in [0.15, 0.2) is 10.3 Å². The summed E-state index contributed by atoms with van der Waals surface area (Å²) in [6.45, 7) is 4.12. The van der Waals surface area contributed by atoms with Crippen LogP contribution in [0.3, 0.4) is 0 Å². The van der Waals surface area contributed by atoms with Gasteiger partial charge in [0.1, 0.15) is 14.2 Å². The molecule has 0 saturated heterocycles. The molecule has 0 rings (SSSR count). The molecule has 0 fully saturated rings. The number of hydrogen-bond donors (Lipinski definition) is 0. The van der Waals surface area contributed by atoms with Gasteiger partial charge in [-0.3, -0.25) is 0 Å². The van der Waals surface area contributed by atoms with Gasteiger partial charge in [-0.2, -0.15) is 0 Å². The summed E-state index contributed by atoms with van der Waals surface area (Å²) in [5.41, 5.74) is 0.953. The van der Waals surface area contributed by atoms with E-state index in [0.717, 1.165) is 25.0 Å². The molecule has 0 spiro atoms. The number of unbranched alkanes of at least 4 members (excludes halogenated alkanes) is 1. The quantitative estimate of drug-likeness (QED) is 0.361. The minimum Gasteiger partial charge on any atom is -0.461 e. The molecule has 0 aromatic carbocycles. The van der Waals surface area contributed by atoms with Crippen molar-refractivity contribution in [3.63, 3.8) is 0 Å². The Morgan fingerprint density at radius 1 is 1.11 bits per heavy atom. The number of esters is 1. The van der Waals surface area contributed by atoms with Crippen molar-refractivity contribution < 1.29 is 19.2 Å². The lowest BCUT2D eigenvalue weighted by atomic mass is 10.1. The second-order valence-corrected chi connectivity index (χ2v) is 3.56. The van der Waals surface area contributed by atoms with Gasteiger partial charge in [-0.15, -0.1) is 0 Å². The molecule has 0 aromatic heterocycles. The molecule has 0 aliphatic heterocycles. The first-order valence-electron chi connectivity index (χ1n) is 6.05. The molecule has 6 heteroatoms. The zero-order valence-corrected chi connectivity index (χ0v) is 11.6. The molecule has 0 aliphatic carbocycles. The van der Waals surface area contributed by atoms with Crippen LogP contribution in [0.5, 0.6) is 0 Å². The van der Waals surface area contributed by atoms with E-state index in [2.05, 4.69) is 22.1 Å². The minimum absolute atomic E-state index is 0.200. The molecule has 0 aliphatic rings. The Morgan fingerprint density at radius 2 is 1.78 bits per heavy atom. The topological polar surface area (TPSA) is 69.5 Å². The number of oxime groups is 2. The fourth-order valence-corrected chi connectivity index (χ4v) is 1.34. The van der Waals surface area contributed by atoms with E-state index in [1.165, 1.54) is 14.2 Å². The fourth-order valence-electron chi connectivity index (χ4n) is 1.34. The van der Waals surface area contributed by atoms with Crippen molar-refractivity contribution in [3.05, 3.63) is 0 Å². The predicted molar refractivity (Wildman–Crippen MR) is 69.7 cm³/mol. The van der Waals surface area contributed by atoms with Crippen LogP contribution in [0.2, 0.25) is 0 Å². The van der Waals surface area contributed by atoms with E-state index in [4.69, 9.17) is 9.57 Å². The average Bonchev–Trinajstić information content (AvgIpc) is 2.35. The Hall–Kier alpha value is -1.59. The van der Waals surface area contributed by atoms with Gasteiger partial charge in [0.15, 0.2) is 5.71 Å². The highest BCUT2D eigenvalue weighted by atomic mass is 16.6. The zero-order valence-electron chi connectivity index (χ0n) is 11.6. The maximum absolute atomic E-state index is 11.6. The van der Waals surface area contributed by atoms with Crippen molar-refractivity contribution in [2.24, 2.45) is 10.3 Å². The lowest BCUT2D eigenvalue weighted by molar-refractivity contribution is -0.135. The van der Waals surface area contributed by atoms with E-state index in [-0.39, 0.29) is 12.1 Å². The summed E-state index contributed by atoms with van der Waals surface area (Å²) in [6.07, 6.45) is 3.05. The second kappa shape index (κ2) is 10.6. The largest absolute Gasteiger partial charge is 0.461 e. The van der Waals surface area contributed by atoms with Crippen molar-refractivity contribution in [2.75, 3.05) is 20.8 Å². The van der Waals surface area contributed by atoms with Crippen molar-refractivity contribution >= 4 is 17.4 Å². The van der Waals surface area contributed by atoms with E-state index < -0.39 is 5.97 Å². The highest BCUT2D eigenvalue weighted by molar-refractivity contribution is 6.39. The number of hydrogen-bond acceptors (Lipinski definition) is 6. The summed E-state index contributed by atoms with van der Waals surface area (Å²) in [7, 11) is 2.86. The van der Waals surface area contributed by atoms with Crippen LogP contribution in [0, 0.1) is 0 Å². The molecule has 0 bridgehead atoms. The predicted octanol–water partition coefficient (Wildman–Crippen LogP) is 2.13. The number of carbonyl (C=O) groups is 1.